The molecule has 1 aromatic rings. The quantitative estimate of drug-likeness (QED) is 0.920. The van der Waals surface area contributed by atoms with Gasteiger partial charge in [-0.25, -0.2) is 8.42 Å². The van der Waals surface area contributed by atoms with Crippen molar-refractivity contribution >= 4 is 33.8 Å². The molecule has 0 aromatic carbocycles. The van der Waals surface area contributed by atoms with Gasteiger partial charge in [-0.15, -0.1) is 23.7 Å². The Hall–Kier alpha value is -0.140. The summed E-state index contributed by atoms with van der Waals surface area (Å²) in [6, 6.07) is 3.41. The molecule has 2 N–H and O–H groups in total. The smallest absolute Gasteiger partial charge is 0.252 e. The van der Waals surface area contributed by atoms with Crippen molar-refractivity contribution in [1.29, 1.82) is 0 Å². The Balaban J connectivity index is 0.00000144. The molecule has 0 radical (unpaired) electrons. The first kappa shape index (κ1) is 14.9. The van der Waals surface area contributed by atoms with Crippen LogP contribution in [0.4, 0.5) is 0 Å². The predicted octanol–water partition coefficient (Wildman–Crippen LogP) is 1.53. The summed E-state index contributed by atoms with van der Waals surface area (Å²) in [7, 11) is -3.28. The second kappa shape index (κ2) is 5.24. The molecule has 1 unspecified atom stereocenters. The van der Waals surface area contributed by atoms with Gasteiger partial charge in [0.05, 0.1) is 0 Å². The monoisotopic (exact) mass is 296 g/mol. The third kappa shape index (κ3) is 2.82. The van der Waals surface area contributed by atoms with Crippen molar-refractivity contribution in [2.75, 3.05) is 19.6 Å². The van der Waals surface area contributed by atoms with Gasteiger partial charge in [0.25, 0.3) is 10.0 Å². The van der Waals surface area contributed by atoms with Crippen LogP contribution in [0, 0.1) is 5.41 Å². The van der Waals surface area contributed by atoms with Gasteiger partial charge >= 0.3 is 0 Å². The third-order valence-electron chi connectivity index (χ3n) is 3.10. The molecule has 1 fully saturated rings. The van der Waals surface area contributed by atoms with E-state index < -0.39 is 10.0 Å². The van der Waals surface area contributed by atoms with E-state index in [9.17, 15) is 8.42 Å². The highest BCUT2D eigenvalue weighted by atomic mass is 35.5. The van der Waals surface area contributed by atoms with Crippen molar-refractivity contribution < 1.29 is 8.42 Å². The topological polar surface area (TPSA) is 63.4 Å². The molecule has 0 saturated carbocycles. The SMILES string of the molecule is CC1(CN)CCN(S(=O)(=O)c2cccs2)C1.Cl. The third-order valence-corrected chi connectivity index (χ3v) is 6.32. The second-order valence-corrected chi connectivity index (χ2v) is 7.65. The lowest BCUT2D eigenvalue weighted by Gasteiger charge is -2.21. The molecule has 1 atom stereocenters. The average Bonchev–Trinajstić information content (AvgIpc) is 2.87. The maximum atomic E-state index is 12.2. The highest BCUT2D eigenvalue weighted by Gasteiger charge is 2.39. The molecule has 2 rings (SSSR count). The molecule has 1 aromatic heterocycles. The first-order chi connectivity index (χ1) is 7.48. The minimum Gasteiger partial charge on any atom is -0.330 e. The van der Waals surface area contributed by atoms with Crippen molar-refractivity contribution in [3.8, 4) is 0 Å². The lowest BCUT2D eigenvalue weighted by molar-refractivity contribution is 0.350. The second-order valence-electron chi connectivity index (χ2n) is 4.54. The van der Waals surface area contributed by atoms with Crippen LogP contribution in [0.15, 0.2) is 21.7 Å². The minimum absolute atomic E-state index is 0. The zero-order valence-electron chi connectivity index (χ0n) is 9.63. The molecule has 0 aliphatic carbocycles. The van der Waals surface area contributed by atoms with Crippen LogP contribution in [0.5, 0.6) is 0 Å². The van der Waals surface area contributed by atoms with Crippen LogP contribution < -0.4 is 5.73 Å². The van der Waals surface area contributed by atoms with Crippen LogP contribution in [0.2, 0.25) is 0 Å². The van der Waals surface area contributed by atoms with Crippen LogP contribution in [0.3, 0.4) is 0 Å². The summed E-state index contributed by atoms with van der Waals surface area (Å²) >= 11 is 1.26. The molecule has 0 amide bonds. The molecule has 2 heterocycles. The van der Waals surface area contributed by atoms with Crippen molar-refractivity contribution in [1.82, 2.24) is 4.31 Å². The zero-order valence-corrected chi connectivity index (χ0v) is 12.1. The van der Waals surface area contributed by atoms with Gasteiger partial charge in [-0.2, -0.15) is 4.31 Å². The number of halogens is 1. The van der Waals surface area contributed by atoms with Crippen LogP contribution >= 0.6 is 23.7 Å². The lowest BCUT2D eigenvalue weighted by Crippen LogP contribution is -2.34. The predicted molar refractivity (Wildman–Crippen MR) is 72.1 cm³/mol. The Bertz CT molecular complexity index is 461. The fraction of sp³-hybridized carbons (Fsp3) is 0.600. The number of nitrogens with two attached hydrogens (primary N) is 1. The minimum atomic E-state index is -3.28. The van der Waals surface area contributed by atoms with E-state index in [4.69, 9.17) is 5.73 Å². The highest BCUT2D eigenvalue weighted by molar-refractivity contribution is 7.91. The van der Waals surface area contributed by atoms with Crippen molar-refractivity contribution in [2.24, 2.45) is 11.1 Å². The Morgan fingerprint density at radius 2 is 2.29 bits per heavy atom. The van der Waals surface area contributed by atoms with Crippen LogP contribution in [0.1, 0.15) is 13.3 Å². The molecule has 1 aliphatic rings. The Kier molecular flexibility index (Phi) is 4.60. The van der Waals surface area contributed by atoms with E-state index in [1.807, 2.05) is 6.92 Å². The molecule has 98 valence electrons. The maximum Gasteiger partial charge on any atom is 0.252 e. The summed E-state index contributed by atoms with van der Waals surface area (Å²) in [6.07, 6.45) is 0.841. The van der Waals surface area contributed by atoms with E-state index in [1.54, 1.807) is 21.8 Å². The van der Waals surface area contributed by atoms with Crippen LogP contribution in [-0.2, 0) is 10.0 Å². The fourth-order valence-corrected chi connectivity index (χ4v) is 4.62. The molecule has 1 saturated heterocycles. The number of nitrogens with zero attached hydrogens (tertiary/aromatic N) is 1. The van der Waals surface area contributed by atoms with Gasteiger partial charge in [0.15, 0.2) is 0 Å². The molecule has 7 heteroatoms. The van der Waals surface area contributed by atoms with Gasteiger partial charge in [-0.05, 0) is 29.8 Å². The Labute approximate surface area is 112 Å². The number of sulfonamides is 1. The van der Waals surface area contributed by atoms with Crippen molar-refractivity contribution in [2.45, 2.75) is 17.6 Å². The number of hydrogen-bond donors (Lipinski definition) is 1. The molecule has 0 bridgehead atoms. The average molecular weight is 297 g/mol. The molecule has 1 aliphatic heterocycles. The summed E-state index contributed by atoms with van der Waals surface area (Å²) in [5, 5.41) is 1.78. The lowest BCUT2D eigenvalue weighted by atomic mass is 9.90. The fourth-order valence-electron chi connectivity index (χ4n) is 1.89. The van der Waals surface area contributed by atoms with Crippen LogP contribution in [-0.4, -0.2) is 32.4 Å². The number of hydrogen-bond acceptors (Lipinski definition) is 4. The van der Waals surface area contributed by atoms with Crippen molar-refractivity contribution in [3.63, 3.8) is 0 Å². The Morgan fingerprint density at radius 1 is 1.59 bits per heavy atom. The van der Waals surface area contributed by atoms with Gasteiger partial charge in [0.1, 0.15) is 4.21 Å². The molecule has 4 nitrogen and oxygen atoms in total. The van der Waals surface area contributed by atoms with E-state index in [0.29, 0.717) is 23.8 Å². The molecular formula is C10H17ClN2O2S2. The first-order valence-electron chi connectivity index (χ1n) is 5.22. The van der Waals surface area contributed by atoms with E-state index >= 15 is 0 Å². The zero-order chi connectivity index (χ0) is 11.8. The van der Waals surface area contributed by atoms with Gasteiger partial charge in [0, 0.05) is 13.1 Å². The maximum absolute atomic E-state index is 12.2. The van der Waals surface area contributed by atoms with E-state index in [0.717, 1.165) is 6.42 Å². The van der Waals surface area contributed by atoms with E-state index in [2.05, 4.69) is 0 Å². The first-order valence-corrected chi connectivity index (χ1v) is 7.54. The highest BCUT2D eigenvalue weighted by Crippen LogP contribution is 2.33. The van der Waals surface area contributed by atoms with E-state index in [1.165, 1.54) is 11.3 Å². The molecule has 17 heavy (non-hydrogen) atoms. The summed E-state index contributed by atoms with van der Waals surface area (Å²) in [6.45, 7) is 3.68. The van der Waals surface area contributed by atoms with Crippen LogP contribution in [0.25, 0.3) is 0 Å². The van der Waals surface area contributed by atoms with Gasteiger partial charge in [0.2, 0.25) is 0 Å². The summed E-state index contributed by atoms with van der Waals surface area (Å²) in [4.78, 5) is 0. The summed E-state index contributed by atoms with van der Waals surface area (Å²) in [5.74, 6) is 0. The molecule has 0 spiro atoms. The summed E-state index contributed by atoms with van der Waals surface area (Å²) < 4.78 is 26.4. The largest absolute Gasteiger partial charge is 0.330 e. The van der Waals surface area contributed by atoms with E-state index in [-0.39, 0.29) is 17.8 Å². The van der Waals surface area contributed by atoms with Gasteiger partial charge < -0.3 is 5.73 Å². The number of thiophene rings is 1. The van der Waals surface area contributed by atoms with Crippen molar-refractivity contribution in [3.05, 3.63) is 17.5 Å². The molecular weight excluding hydrogens is 280 g/mol. The van der Waals surface area contributed by atoms with Gasteiger partial charge in [-0.1, -0.05) is 13.0 Å². The summed E-state index contributed by atoms with van der Waals surface area (Å²) in [5.41, 5.74) is 5.61. The normalized spacial score (nSPS) is 25.8. The van der Waals surface area contributed by atoms with Gasteiger partial charge in [-0.3, -0.25) is 0 Å². The Morgan fingerprint density at radius 3 is 2.76 bits per heavy atom. The number of rotatable bonds is 3. The standard InChI is InChI=1S/C10H16N2O2S2.ClH/c1-10(7-11)4-5-12(8-10)16(13,14)9-3-2-6-15-9;/h2-3,6H,4-5,7-8,11H2,1H3;1H.